The van der Waals surface area contributed by atoms with Crippen LogP contribution in [-0.2, 0) is 0 Å². The molecule has 0 atom stereocenters. The Morgan fingerprint density at radius 2 is 2.20 bits per heavy atom. The van der Waals surface area contributed by atoms with Gasteiger partial charge in [0.05, 0.1) is 12.5 Å². The highest BCUT2D eigenvalue weighted by molar-refractivity contribution is 5.49. The summed E-state index contributed by atoms with van der Waals surface area (Å²) in [6.45, 7) is 0. The predicted molar refractivity (Wildman–Crippen MR) is 34.0 cm³/mol. The fourth-order valence-electron chi connectivity index (χ4n) is 0.727. The topological polar surface area (TPSA) is 70.2 Å². The Balaban J connectivity index is 2.48. The third kappa shape index (κ3) is 0.680. The summed E-state index contributed by atoms with van der Waals surface area (Å²) >= 11 is 0. The fraction of sp³-hybridized carbons (Fsp3) is 0. The first-order valence-corrected chi connectivity index (χ1v) is 2.82. The van der Waals surface area contributed by atoms with E-state index in [1.807, 2.05) is 0 Å². The molecule has 5 nitrogen and oxygen atoms in total. The molecular formula is C5H5N5. The third-order valence-corrected chi connectivity index (χ3v) is 1.18. The summed E-state index contributed by atoms with van der Waals surface area (Å²) in [7, 11) is 0. The average molecular weight is 135 g/mol. The number of aromatic amines is 2. The van der Waals surface area contributed by atoms with Crippen LogP contribution < -0.4 is 0 Å². The summed E-state index contributed by atoms with van der Waals surface area (Å²) in [4.78, 5) is 6.81. The lowest BCUT2D eigenvalue weighted by molar-refractivity contribution is 0.941. The molecule has 2 aromatic heterocycles. The van der Waals surface area contributed by atoms with E-state index in [1.54, 1.807) is 18.7 Å². The average Bonchev–Trinajstić information content (AvgIpc) is 2.59. The van der Waals surface area contributed by atoms with E-state index >= 15 is 0 Å². The van der Waals surface area contributed by atoms with E-state index in [9.17, 15) is 0 Å². The van der Waals surface area contributed by atoms with E-state index in [1.165, 1.54) is 0 Å². The number of hydrogen-bond acceptors (Lipinski definition) is 3. The van der Waals surface area contributed by atoms with Gasteiger partial charge in [0.2, 0.25) is 0 Å². The van der Waals surface area contributed by atoms with Gasteiger partial charge >= 0.3 is 0 Å². The number of aromatic nitrogens is 5. The molecular weight excluding hydrogens is 130 g/mol. The first-order chi connectivity index (χ1) is 4.97. The molecule has 0 saturated carbocycles. The van der Waals surface area contributed by atoms with Crippen molar-refractivity contribution in [1.29, 1.82) is 0 Å². The van der Waals surface area contributed by atoms with E-state index in [2.05, 4.69) is 25.4 Å². The molecule has 2 aromatic rings. The van der Waals surface area contributed by atoms with E-state index in [-0.39, 0.29) is 0 Å². The number of nitrogens with zero attached hydrogens (tertiary/aromatic N) is 3. The van der Waals surface area contributed by atoms with E-state index in [0.29, 0.717) is 0 Å². The monoisotopic (exact) mass is 135 g/mol. The van der Waals surface area contributed by atoms with Crippen LogP contribution in [-0.4, -0.2) is 25.4 Å². The van der Waals surface area contributed by atoms with Gasteiger partial charge in [-0.1, -0.05) is 5.21 Å². The van der Waals surface area contributed by atoms with Crippen LogP contribution in [0.25, 0.3) is 11.4 Å². The van der Waals surface area contributed by atoms with Gasteiger partial charge in [-0.3, -0.25) is 5.10 Å². The highest BCUT2D eigenvalue weighted by Gasteiger charge is 1.99. The van der Waals surface area contributed by atoms with Crippen molar-refractivity contribution in [2.75, 3.05) is 0 Å². The lowest BCUT2D eigenvalue weighted by Gasteiger charge is -1.80. The largest absolute Gasteiger partial charge is 0.351 e. The molecule has 2 rings (SSSR count). The van der Waals surface area contributed by atoms with Crippen LogP contribution in [0, 0.1) is 0 Å². The van der Waals surface area contributed by atoms with Crippen LogP contribution in [0.5, 0.6) is 0 Å². The fourth-order valence-corrected chi connectivity index (χ4v) is 0.727. The molecule has 5 heteroatoms. The molecule has 0 aliphatic carbocycles. The zero-order valence-corrected chi connectivity index (χ0v) is 5.07. The molecule has 10 heavy (non-hydrogen) atoms. The zero-order chi connectivity index (χ0) is 6.81. The summed E-state index contributed by atoms with van der Waals surface area (Å²) in [6, 6.07) is 0. The van der Waals surface area contributed by atoms with Gasteiger partial charge in [-0.25, -0.2) is 4.98 Å². The van der Waals surface area contributed by atoms with E-state index in [0.717, 1.165) is 11.4 Å². The Morgan fingerprint density at radius 3 is 2.80 bits per heavy atom. The molecule has 50 valence electrons. The maximum Gasteiger partial charge on any atom is 0.132 e. The van der Waals surface area contributed by atoms with Crippen molar-refractivity contribution in [3.63, 3.8) is 0 Å². The van der Waals surface area contributed by atoms with Gasteiger partial charge in [0, 0.05) is 6.20 Å². The molecule has 0 radical (unpaired) electrons. The van der Waals surface area contributed by atoms with Gasteiger partial charge in [-0.2, -0.15) is 0 Å². The number of rotatable bonds is 1. The Labute approximate surface area is 56.5 Å². The smallest absolute Gasteiger partial charge is 0.132 e. The van der Waals surface area contributed by atoms with E-state index in [4.69, 9.17) is 0 Å². The molecule has 0 aliphatic rings. The normalized spacial score (nSPS) is 10.0. The second kappa shape index (κ2) is 1.94. The van der Waals surface area contributed by atoms with Crippen molar-refractivity contribution in [1.82, 2.24) is 25.4 Å². The van der Waals surface area contributed by atoms with Gasteiger partial charge in [0.25, 0.3) is 0 Å². The summed E-state index contributed by atoms with van der Waals surface area (Å²) in [5.74, 6) is 0. The summed E-state index contributed by atoms with van der Waals surface area (Å²) in [5.41, 5.74) is 1.55. The van der Waals surface area contributed by atoms with Crippen LogP contribution in [0.4, 0.5) is 0 Å². The minimum Gasteiger partial charge on any atom is -0.351 e. The molecule has 0 aliphatic heterocycles. The van der Waals surface area contributed by atoms with Crippen molar-refractivity contribution >= 4 is 0 Å². The highest BCUT2D eigenvalue weighted by Crippen LogP contribution is 2.08. The molecule has 0 saturated heterocycles. The molecule has 0 aromatic carbocycles. The number of imidazole rings is 1. The molecule has 2 N–H and O–H groups in total. The second-order valence-corrected chi connectivity index (χ2v) is 1.81. The molecule has 0 spiro atoms. The van der Waals surface area contributed by atoms with Gasteiger partial charge in [-0.05, 0) is 0 Å². The number of nitrogens with one attached hydrogen (secondary N) is 2. The lowest BCUT2D eigenvalue weighted by atomic mass is 10.4. The minimum absolute atomic E-state index is 0.751. The molecule has 0 unspecified atom stereocenters. The maximum absolute atomic E-state index is 3.98. The van der Waals surface area contributed by atoms with E-state index < -0.39 is 0 Å². The van der Waals surface area contributed by atoms with Gasteiger partial charge in [0.15, 0.2) is 0 Å². The first kappa shape index (κ1) is 5.16. The van der Waals surface area contributed by atoms with Crippen LogP contribution in [0.1, 0.15) is 0 Å². The van der Waals surface area contributed by atoms with Gasteiger partial charge < -0.3 is 4.98 Å². The number of H-pyrrole nitrogens is 2. The lowest BCUT2D eigenvalue weighted by Crippen LogP contribution is -1.75. The van der Waals surface area contributed by atoms with Crippen molar-refractivity contribution < 1.29 is 0 Å². The van der Waals surface area contributed by atoms with Crippen LogP contribution in [0.3, 0.4) is 0 Å². The Kier molecular flexibility index (Phi) is 1.00. The second-order valence-electron chi connectivity index (χ2n) is 1.81. The minimum atomic E-state index is 0.751. The molecule has 0 bridgehead atoms. The Bertz CT molecular complexity index is 249. The first-order valence-electron chi connectivity index (χ1n) is 2.82. The molecule has 0 fully saturated rings. The van der Waals surface area contributed by atoms with Crippen molar-refractivity contribution in [3.8, 4) is 11.4 Å². The van der Waals surface area contributed by atoms with Crippen molar-refractivity contribution in [2.45, 2.75) is 0 Å². The van der Waals surface area contributed by atoms with Crippen molar-refractivity contribution in [2.24, 2.45) is 0 Å². The zero-order valence-electron chi connectivity index (χ0n) is 5.07. The highest BCUT2D eigenvalue weighted by atomic mass is 15.3. The van der Waals surface area contributed by atoms with Gasteiger partial charge in [-0.15, -0.1) is 5.10 Å². The van der Waals surface area contributed by atoms with Crippen LogP contribution >= 0.6 is 0 Å². The number of hydrogen-bond donors (Lipinski definition) is 2. The Hall–Kier alpha value is -1.65. The summed E-state index contributed by atoms with van der Waals surface area (Å²) < 4.78 is 0. The summed E-state index contributed by atoms with van der Waals surface area (Å²) in [5, 5.41) is 9.92. The SMILES string of the molecule is c1nc(-c2c[nH]nn2)c[nH]1. The molecule has 0 amide bonds. The standard InChI is InChI=1S/C5H5N5/c1-4(7-3-6-1)5-2-8-10-9-5/h1-3H,(H,6,7)(H,8,9,10). The van der Waals surface area contributed by atoms with Crippen molar-refractivity contribution in [3.05, 3.63) is 18.7 Å². The molecule has 2 heterocycles. The summed E-state index contributed by atoms with van der Waals surface area (Å²) in [6.07, 6.45) is 5.05. The van der Waals surface area contributed by atoms with Crippen LogP contribution in [0.2, 0.25) is 0 Å². The van der Waals surface area contributed by atoms with Crippen LogP contribution in [0.15, 0.2) is 18.7 Å². The third-order valence-electron chi connectivity index (χ3n) is 1.18. The van der Waals surface area contributed by atoms with Gasteiger partial charge in [0.1, 0.15) is 11.4 Å². The quantitative estimate of drug-likeness (QED) is 0.586. The predicted octanol–water partition coefficient (Wildman–Crippen LogP) is 0.195. The maximum atomic E-state index is 3.98. The Morgan fingerprint density at radius 1 is 1.20 bits per heavy atom.